The van der Waals surface area contributed by atoms with Crippen molar-refractivity contribution < 1.29 is 33.4 Å². The molecular formula is C33H51N5O7S. The van der Waals surface area contributed by atoms with Crippen molar-refractivity contribution in [1.29, 1.82) is 0 Å². The molecule has 0 unspecified atom stereocenters. The topological polar surface area (TPSA) is 147 Å². The lowest BCUT2D eigenvalue weighted by Crippen LogP contribution is -2.75. The molecule has 3 saturated carbocycles. The number of esters is 2. The molecule has 4 fully saturated rings. The third-order valence-electron chi connectivity index (χ3n) is 9.98. The molecule has 2 bridgehead atoms. The van der Waals surface area contributed by atoms with Gasteiger partial charge >= 0.3 is 11.9 Å². The third kappa shape index (κ3) is 7.90. The van der Waals surface area contributed by atoms with E-state index >= 15 is 0 Å². The number of carbonyl (C=O) groups excluding carboxylic acids is 5. The average molecular weight is 662 g/mol. The molecule has 46 heavy (non-hydrogen) atoms. The first-order valence-corrected chi connectivity index (χ1v) is 17.3. The van der Waals surface area contributed by atoms with Gasteiger partial charge in [0.25, 0.3) is 5.91 Å². The van der Waals surface area contributed by atoms with Gasteiger partial charge in [-0.25, -0.2) is 4.98 Å². The normalized spacial score (nSPS) is 25.8. The molecule has 0 radical (unpaired) electrons. The Hall–Kier alpha value is -3.06. The lowest BCUT2D eigenvalue weighted by molar-refractivity contribution is -0.175. The number of amides is 3. The zero-order chi connectivity index (χ0) is 34.0. The summed E-state index contributed by atoms with van der Waals surface area (Å²) in [5.41, 5.74) is -0.151. The summed E-state index contributed by atoms with van der Waals surface area (Å²) in [5, 5.41) is 8.26. The number of nitrogens with one attached hydrogen (secondary N) is 2. The van der Waals surface area contributed by atoms with Gasteiger partial charge in [0.15, 0.2) is 6.10 Å². The number of thiazole rings is 1. The number of carbonyl (C=O) groups is 5. The summed E-state index contributed by atoms with van der Waals surface area (Å²) in [6.07, 6.45) is 4.88. The number of likely N-dealkylation sites (N-methyl/N-ethyl adjacent to an activating group) is 2. The molecule has 2 N–H and O–H groups in total. The molecule has 13 heteroatoms. The number of hydrogen-bond acceptors (Lipinski definition) is 10. The highest BCUT2D eigenvalue weighted by atomic mass is 32.1. The molecule has 3 aliphatic carbocycles. The second kappa shape index (κ2) is 14.4. The third-order valence-corrected chi connectivity index (χ3v) is 10.9. The first-order chi connectivity index (χ1) is 21.6. The van der Waals surface area contributed by atoms with E-state index < -0.39 is 18.1 Å². The van der Waals surface area contributed by atoms with Gasteiger partial charge in [-0.3, -0.25) is 28.9 Å². The minimum atomic E-state index is -0.770. The average Bonchev–Trinajstić information content (AvgIpc) is 3.45. The molecule has 3 amide bonds. The maximum absolute atomic E-state index is 13.9. The van der Waals surface area contributed by atoms with Crippen molar-refractivity contribution in [3.63, 3.8) is 0 Å². The first-order valence-electron chi connectivity index (χ1n) is 16.4. The molecule has 1 aromatic rings. The summed E-state index contributed by atoms with van der Waals surface area (Å²) in [5.74, 6) is -1.51. The van der Waals surface area contributed by atoms with Crippen LogP contribution in [-0.4, -0.2) is 95.9 Å². The SMILES string of the molecule is COC(=O)CC12CC(NC(=O)c3csc([C@@H](C[C@H](C(C)C)N(C)C(=O)[C@@H](NC(=O)[C@H]4CCCCN4C)C(C)C)OC(C)=O)n3)(C1)C2. The van der Waals surface area contributed by atoms with E-state index in [1.54, 1.807) is 17.3 Å². The number of aromatic nitrogens is 1. The minimum Gasteiger partial charge on any atom is -0.469 e. The van der Waals surface area contributed by atoms with Gasteiger partial charge in [-0.1, -0.05) is 34.1 Å². The summed E-state index contributed by atoms with van der Waals surface area (Å²) in [7, 11) is 5.05. The monoisotopic (exact) mass is 661 g/mol. The van der Waals surface area contributed by atoms with Gasteiger partial charge in [-0.2, -0.15) is 0 Å². The number of ether oxygens (including phenoxy) is 2. The van der Waals surface area contributed by atoms with Crippen molar-refractivity contribution in [2.45, 2.75) is 116 Å². The van der Waals surface area contributed by atoms with E-state index in [1.165, 1.54) is 25.4 Å². The molecule has 1 saturated heterocycles. The predicted molar refractivity (Wildman–Crippen MR) is 173 cm³/mol. The smallest absolute Gasteiger partial charge is 0.306 e. The van der Waals surface area contributed by atoms with Gasteiger partial charge in [-0.05, 0) is 62.9 Å². The van der Waals surface area contributed by atoms with Crippen LogP contribution in [0, 0.1) is 17.3 Å². The Morgan fingerprint density at radius 2 is 1.78 bits per heavy atom. The molecular weight excluding hydrogens is 610 g/mol. The lowest BCUT2D eigenvalue weighted by Gasteiger charge is -2.70. The predicted octanol–water partition coefficient (Wildman–Crippen LogP) is 3.46. The molecule has 0 spiro atoms. The Bertz CT molecular complexity index is 1290. The van der Waals surface area contributed by atoms with E-state index in [1.807, 2.05) is 39.6 Å². The highest BCUT2D eigenvalue weighted by Gasteiger charge is 2.69. The van der Waals surface area contributed by atoms with Crippen LogP contribution in [0.2, 0.25) is 0 Å². The van der Waals surface area contributed by atoms with E-state index in [2.05, 4.69) is 15.6 Å². The maximum atomic E-state index is 13.9. The fraction of sp³-hybridized carbons (Fsp3) is 0.758. The van der Waals surface area contributed by atoms with E-state index in [0.29, 0.717) is 11.4 Å². The molecule has 4 aliphatic rings. The summed E-state index contributed by atoms with van der Waals surface area (Å²) >= 11 is 1.24. The van der Waals surface area contributed by atoms with E-state index in [4.69, 9.17) is 9.47 Å². The largest absolute Gasteiger partial charge is 0.469 e. The van der Waals surface area contributed by atoms with Crippen LogP contribution in [0.4, 0.5) is 0 Å². The van der Waals surface area contributed by atoms with Crippen LogP contribution in [0.3, 0.4) is 0 Å². The summed E-state index contributed by atoms with van der Waals surface area (Å²) in [6.45, 7) is 10.0. The van der Waals surface area contributed by atoms with Crippen molar-refractivity contribution >= 4 is 41.0 Å². The second-order valence-electron chi connectivity index (χ2n) is 14.4. The van der Waals surface area contributed by atoms with Gasteiger partial charge in [0.05, 0.1) is 19.6 Å². The van der Waals surface area contributed by atoms with Crippen molar-refractivity contribution in [2.75, 3.05) is 27.7 Å². The number of rotatable bonds is 14. The highest BCUT2D eigenvalue weighted by Crippen LogP contribution is 2.69. The van der Waals surface area contributed by atoms with Crippen molar-refractivity contribution in [3.05, 3.63) is 16.1 Å². The molecule has 12 nitrogen and oxygen atoms in total. The summed E-state index contributed by atoms with van der Waals surface area (Å²) < 4.78 is 10.5. The van der Waals surface area contributed by atoms with Gasteiger partial charge in [-0.15, -0.1) is 11.3 Å². The summed E-state index contributed by atoms with van der Waals surface area (Å²) in [6, 6.07) is -1.31. The summed E-state index contributed by atoms with van der Waals surface area (Å²) in [4.78, 5) is 72.5. The van der Waals surface area contributed by atoms with Crippen LogP contribution in [-0.2, 0) is 28.7 Å². The molecule has 1 aliphatic heterocycles. The van der Waals surface area contributed by atoms with E-state index in [-0.39, 0.29) is 70.7 Å². The molecule has 5 rings (SSSR count). The van der Waals surface area contributed by atoms with Crippen LogP contribution >= 0.6 is 11.3 Å². The van der Waals surface area contributed by atoms with Crippen LogP contribution in [0.15, 0.2) is 5.38 Å². The first kappa shape index (κ1) is 35.8. The zero-order valence-corrected chi connectivity index (χ0v) is 29.3. The Balaban J connectivity index is 1.43. The molecule has 2 heterocycles. The fourth-order valence-corrected chi connectivity index (χ4v) is 8.43. The minimum absolute atomic E-state index is 0.00989. The number of hydrogen-bond donors (Lipinski definition) is 2. The van der Waals surface area contributed by atoms with E-state index in [0.717, 1.165) is 45.1 Å². The highest BCUT2D eigenvalue weighted by molar-refractivity contribution is 7.09. The standard InChI is InChI=1S/C33H51N5O7S/c1-19(2)24(38(7)31(43)27(20(3)4)35-29(42)23-11-9-10-12-37(23)6)13-25(45-21(5)39)30-34-22(15-46-30)28(41)36-33-16-32(17-33,18-33)14-26(40)44-8/h15,19-20,23-25,27H,9-14,16-18H2,1-8H3,(H,35,42)(H,36,41)/t23-,24-,25-,27+,32?,33?/m1/s1. The van der Waals surface area contributed by atoms with Crippen molar-refractivity contribution in [2.24, 2.45) is 17.3 Å². The Labute approximate surface area is 276 Å². The Morgan fingerprint density at radius 3 is 2.35 bits per heavy atom. The van der Waals surface area contributed by atoms with Gasteiger partial charge in [0, 0.05) is 37.4 Å². The lowest BCUT2D eigenvalue weighted by atomic mass is 9.38. The molecule has 4 atom stereocenters. The Kier molecular flexibility index (Phi) is 11.2. The van der Waals surface area contributed by atoms with Crippen molar-refractivity contribution in [3.8, 4) is 0 Å². The van der Waals surface area contributed by atoms with Gasteiger partial charge in [0.2, 0.25) is 11.8 Å². The van der Waals surface area contributed by atoms with E-state index in [9.17, 15) is 24.0 Å². The number of piperidine rings is 1. The van der Waals surface area contributed by atoms with Gasteiger partial charge < -0.3 is 25.0 Å². The van der Waals surface area contributed by atoms with Crippen LogP contribution in [0.1, 0.15) is 108 Å². The number of likely N-dealkylation sites (tertiary alicyclic amines) is 1. The maximum Gasteiger partial charge on any atom is 0.306 e. The van der Waals surface area contributed by atoms with Crippen molar-refractivity contribution in [1.82, 2.24) is 25.4 Å². The second-order valence-corrected chi connectivity index (χ2v) is 15.3. The van der Waals surface area contributed by atoms with Gasteiger partial charge in [0.1, 0.15) is 16.7 Å². The van der Waals surface area contributed by atoms with Crippen LogP contribution in [0.5, 0.6) is 0 Å². The number of methoxy groups -OCH3 is 1. The fourth-order valence-electron chi connectivity index (χ4n) is 7.59. The molecule has 1 aromatic heterocycles. The molecule has 256 valence electrons. The zero-order valence-electron chi connectivity index (χ0n) is 28.5. The molecule has 0 aromatic carbocycles. The van der Waals surface area contributed by atoms with Crippen LogP contribution in [0.25, 0.3) is 0 Å². The Morgan fingerprint density at radius 1 is 1.11 bits per heavy atom. The van der Waals surface area contributed by atoms with Crippen LogP contribution < -0.4 is 10.6 Å². The quantitative estimate of drug-likeness (QED) is 0.286. The number of nitrogens with zero attached hydrogens (tertiary/aromatic N) is 3.